The molecule has 0 unspecified atom stereocenters. The third-order valence-corrected chi connectivity index (χ3v) is 4.68. The Morgan fingerprint density at radius 1 is 1.18 bits per heavy atom. The van der Waals surface area contributed by atoms with Gasteiger partial charge in [0.05, 0.1) is 11.4 Å². The molecule has 7 heteroatoms. The fourth-order valence-corrected chi connectivity index (χ4v) is 2.67. The van der Waals surface area contributed by atoms with Crippen molar-refractivity contribution < 1.29 is 17.5 Å². The van der Waals surface area contributed by atoms with Gasteiger partial charge in [0.25, 0.3) is 0 Å². The van der Waals surface area contributed by atoms with Gasteiger partial charge < -0.3 is 4.74 Å². The highest BCUT2D eigenvalue weighted by Gasteiger charge is 2.12. The van der Waals surface area contributed by atoms with Gasteiger partial charge in [0.2, 0.25) is 10.0 Å². The molecular weight excluding hydrogens is 373 g/mol. The summed E-state index contributed by atoms with van der Waals surface area (Å²) in [5, 5.41) is 0. The Morgan fingerprint density at radius 3 is 2.50 bits per heavy atom. The third-order valence-electron chi connectivity index (χ3n) is 2.90. The Labute approximate surface area is 137 Å². The fraction of sp³-hybridized carbons (Fsp3) is 0.200. The number of rotatable bonds is 6. The van der Waals surface area contributed by atoms with Gasteiger partial charge >= 0.3 is 0 Å². The lowest BCUT2D eigenvalue weighted by atomic mass is 10.2. The first-order chi connectivity index (χ1) is 10.4. The SMILES string of the molecule is CCS(=O)(=O)Nc1ccc(Br)cc1OCc1ccc(F)cc1. The van der Waals surface area contributed by atoms with Gasteiger partial charge in [-0.15, -0.1) is 0 Å². The van der Waals surface area contributed by atoms with Crippen molar-refractivity contribution in [3.63, 3.8) is 0 Å². The van der Waals surface area contributed by atoms with Crippen molar-refractivity contribution >= 4 is 31.6 Å². The Kier molecular flexibility index (Phi) is 5.42. The van der Waals surface area contributed by atoms with Crippen molar-refractivity contribution in [3.8, 4) is 5.75 Å². The molecule has 22 heavy (non-hydrogen) atoms. The number of ether oxygens (including phenoxy) is 1. The van der Waals surface area contributed by atoms with Crippen LogP contribution in [0.2, 0.25) is 0 Å². The van der Waals surface area contributed by atoms with E-state index in [2.05, 4.69) is 20.7 Å². The van der Waals surface area contributed by atoms with Crippen LogP contribution < -0.4 is 9.46 Å². The summed E-state index contributed by atoms with van der Waals surface area (Å²) in [6.45, 7) is 1.76. The average Bonchev–Trinajstić information content (AvgIpc) is 2.49. The van der Waals surface area contributed by atoms with Crippen LogP contribution in [-0.2, 0) is 16.6 Å². The maximum atomic E-state index is 12.9. The number of hydrogen-bond acceptors (Lipinski definition) is 3. The topological polar surface area (TPSA) is 55.4 Å². The van der Waals surface area contributed by atoms with Gasteiger partial charge in [0, 0.05) is 4.47 Å². The summed E-state index contributed by atoms with van der Waals surface area (Å²) in [4.78, 5) is 0. The second-order valence-corrected chi connectivity index (χ2v) is 7.49. The number of benzene rings is 2. The summed E-state index contributed by atoms with van der Waals surface area (Å²) in [7, 11) is -3.39. The highest BCUT2D eigenvalue weighted by molar-refractivity contribution is 9.10. The third kappa shape index (κ3) is 4.71. The van der Waals surface area contributed by atoms with Crippen molar-refractivity contribution in [3.05, 3.63) is 58.3 Å². The minimum Gasteiger partial charge on any atom is -0.487 e. The smallest absolute Gasteiger partial charge is 0.232 e. The fourth-order valence-electron chi connectivity index (χ4n) is 1.68. The van der Waals surface area contributed by atoms with Crippen LogP contribution in [0, 0.1) is 5.82 Å². The van der Waals surface area contributed by atoms with Crippen molar-refractivity contribution in [2.75, 3.05) is 10.5 Å². The lowest BCUT2D eigenvalue weighted by molar-refractivity contribution is 0.307. The van der Waals surface area contributed by atoms with Gasteiger partial charge in [-0.05, 0) is 42.8 Å². The lowest BCUT2D eigenvalue weighted by Crippen LogP contribution is -2.15. The number of anilines is 1. The molecule has 0 aliphatic carbocycles. The quantitative estimate of drug-likeness (QED) is 0.816. The van der Waals surface area contributed by atoms with Gasteiger partial charge in [0.1, 0.15) is 18.2 Å². The molecule has 0 aliphatic heterocycles. The zero-order valence-corrected chi connectivity index (χ0v) is 14.2. The van der Waals surface area contributed by atoms with Crippen LogP contribution >= 0.6 is 15.9 Å². The molecule has 0 aliphatic rings. The maximum absolute atomic E-state index is 12.9. The summed E-state index contributed by atoms with van der Waals surface area (Å²) >= 11 is 3.32. The van der Waals surface area contributed by atoms with Crippen LogP contribution in [0.5, 0.6) is 5.75 Å². The summed E-state index contributed by atoms with van der Waals surface area (Å²) < 4.78 is 45.2. The Hall–Kier alpha value is -1.60. The second kappa shape index (κ2) is 7.11. The van der Waals surface area contributed by atoms with E-state index >= 15 is 0 Å². The van der Waals surface area contributed by atoms with E-state index < -0.39 is 10.0 Å². The van der Waals surface area contributed by atoms with E-state index in [1.165, 1.54) is 12.1 Å². The summed E-state index contributed by atoms with van der Waals surface area (Å²) in [5.74, 6) is 0.0545. The number of halogens is 2. The molecule has 4 nitrogen and oxygen atoms in total. The second-order valence-electron chi connectivity index (χ2n) is 4.56. The average molecular weight is 388 g/mol. The lowest BCUT2D eigenvalue weighted by Gasteiger charge is -2.13. The van der Waals surface area contributed by atoms with E-state index in [-0.39, 0.29) is 18.2 Å². The Bertz CT molecular complexity index is 748. The van der Waals surface area contributed by atoms with Gasteiger partial charge in [0.15, 0.2) is 0 Å². The predicted octanol–water partition coefficient (Wildman–Crippen LogP) is 3.93. The van der Waals surface area contributed by atoms with E-state index in [1.807, 2.05) is 0 Å². The predicted molar refractivity (Wildman–Crippen MR) is 88.0 cm³/mol. The monoisotopic (exact) mass is 387 g/mol. The van der Waals surface area contributed by atoms with Gasteiger partial charge in [-0.1, -0.05) is 28.1 Å². The first-order valence-corrected chi connectivity index (χ1v) is 9.01. The minimum atomic E-state index is -3.39. The molecule has 0 amide bonds. The summed E-state index contributed by atoms with van der Waals surface area (Å²) in [6.07, 6.45) is 0. The molecular formula is C15H15BrFNO3S. The summed E-state index contributed by atoms with van der Waals surface area (Å²) in [6, 6.07) is 10.9. The number of hydrogen-bond donors (Lipinski definition) is 1. The molecule has 0 aromatic heterocycles. The number of nitrogens with one attached hydrogen (secondary N) is 1. The summed E-state index contributed by atoms with van der Waals surface area (Å²) in [5.41, 5.74) is 1.15. The molecule has 2 aromatic carbocycles. The zero-order chi connectivity index (χ0) is 16.2. The highest BCUT2D eigenvalue weighted by atomic mass is 79.9. The van der Waals surface area contributed by atoms with Crippen LogP contribution in [0.25, 0.3) is 0 Å². The van der Waals surface area contributed by atoms with Gasteiger partial charge in [-0.25, -0.2) is 12.8 Å². The molecule has 0 fully saturated rings. The molecule has 2 rings (SSSR count). The zero-order valence-electron chi connectivity index (χ0n) is 11.8. The molecule has 0 atom stereocenters. The molecule has 0 radical (unpaired) electrons. The molecule has 0 saturated heterocycles. The maximum Gasteiger partial charge on any atom is 0.232 e. The van der Waals surface area contributed by atoms with E-state index in [0.717, 1.165) is 10.0 Å². The molecule has 0 bridgehead atoms. The van der Waals surface area contributed by atoms with E-state index in [9.17, 15) is 12.8 Å². The van der Waals surface area contributed by atoms with Crippen molar-refractivity contribution in [2.24, 2.45) is 0 Å². The molecule has 0 heterocycles. The molecule has 118 valence electrons. The molecule has 0 saturated carbocycles. The van der Waals surface area contributed by atoms with Crippen LogP contribution in [-0.4, -0.2) is 14.2 Å². The largest absolute Gasteiger partial charge is 0.487 e. The van der Waals surface area contributed by atoms with Crippen LogP contribution in [0.4, 0.5) is 10.1 Å². The molecule has 0 spiro atoms. The van der Waals surface area contributed by atoms with Gasteiger partial charge in [-0.3, -0.25) is 4.72 Å². The number of sulfonamides is 1. The van der Waals surface area contributed by atoms with Crippen LogP contribution in [0.15, 0.2) is 46.9 Å². The molecule has 2 aromatic rings. The first kappa shape index (κ1) is 16.8. The highest BCUT2D eigenvalue weighted by Crippen LogP contribution is 2.30. The molecule has 1 N–H and O–H groups in total. The van der Waals surface area contributed by atoms with Gasteiger partial charge in [-0.2, -0.15) is 0 Å². The van der Waals surface area contributed by atoms with Crippen molar-refractivity contribution in [1.29, 1.82) is 0 Å². The first-order valence-electron chi connectivity index (χ1n) is 6.57. The van der Waals surface area contributed by atoms with Crippen LogP contribution in [0.3, 0.4) is 0 Å². The van der Waals surface area contributed by atoms with E-state index in [4.69, 9.17) is 4.74 Å². The van der Waals surface area contributed by atoms with E-state index in [1.54, 1.807) is 37.3 Å². The van der Waals surface area contributed by atoms with Crippen molar-refractivity contribution in [1.82, 2.24) is 0 Å². The van der Waals surface area contributed by atoms with Crippen molar-refractivity contribution in [2.45, 2.75) is 13.5 Å². The standard InChI is InChI=1S/C15H15BrFNO3S/c1-2-22(19,20)18-14-8-5-12(16)9-15(14)21-10-11-3-6-13(17)7-4-11/h3-9,18H,2,10H2,1H3. The van der Waals surface area contributed by atoms with Crippen LogP contribution in [0.1, 0.15) is 12.5 Å². The minimum absolute atomic E-state index is 0.0273. The Balaban J connectivity index is 2.18. The normalized spacial score (nSPS) is 11.2. The Morgan fingerprint density at radius 2 is 1.86 bits per heavy atom. The van der Waals surface area contributed by atoms with E-state index in [0.29, 0.717) is 11.4 Å².